The quantitative estimate of drug-likeness (QED) is 0.533. The van der Waals surface area contributed by atoms with Crippen LogP contribution in [0.2, 0.25) is 0 Å². The third kappa shape index (κ3) is 4.65. The van der Waals surface area contributed by atoms with E-state index in [2.05, 4.69) is 13.0 Å². The van der Waals surface area contributed by atoms with Crippen LogP contribution in [-0.4, -0.2) is 0 Å². The van der Waals surface area contributed by atoms with Gasteiger partial charge in [0.2, 0.25) is 0 Å². The Morgan fingerprint density at radius 1 is 1.19 bits per heavy atom. The summed E-state index contributed by atoms with van der Waals surface area (Å²) in [7, 11) is 0. The van der Waals surface area contributed by atoms with Gasteiger partial charge in [0.1, 0.15) is 11.5 Å². The van der Waals surface area contributed by atoms with Gasteiger partial charge in [0.05, 0.1) is 0 Å². The first kappa shape index (κ1) is 12.3. The first-order valence-electron chi connectivity index (χ1n) is 5.43. The van der Waals surface area contributed by atoms with Crippen LogP contribution < -0.4 is 4.74 Å². The molecule has 1 heteroatoms. The largest absolute Gasteiger partial charge is 0.462 e. The molecule has 1 aromatic carbocycles. The second-order valence-electron chi connectivity index (χ2n) is 3.61. The zero-order chi connectivity index (χ0) is 11.8. The van der Waals surface area contributed by atoms with Crippen molar-refractivity contribution in [3.63, 3.8) is 0 Å². The summed E-state index contributed by atoms with van der Waals surface area (Å²) < 4.78 is 5.66. The molecule has 1 aromatic rings. The minimum atomic E-state index is 0.881. The first-order valence-corrected chi connectivity index (χ1v) is 5.43. The fraction of sp³-hybridized carbons (Fsp3) is 0.200. The molecule has 1 rings (SSSR count). The molecule has 0 spiro atoms. The third-order valence-corrected chi connectivity index (χ3v) is 2.01. The highest BCUT2D eigenvalue weighted by atomic mass is 16.5. The lowest BCUT2D eigenvalue weighted by molar-refractivity contribution is 0.427. The number of aryl methyl sites for hydroxylation is 1. The van der Waals surface area contributed by atoms with Gasteiger partial charge in [-0.05, 0) is 44.5 Å². The topological polar surface area (TPSA) is 9.23 Å². The summed E-state index contributed by atoms with van der Waals surface area (Å²) >= 11 is 0. The average molecular weight is 214 g/mol. The highest BCUT2D eigenvalue weighted by Crippen LogP contribution is 2.15. The minimum Gasteiger partial charge on any atom is -0.462 e. The van der Waals surface area contributed by atoms with Crippen LogP contribution in [0.1, 0.15) is 19.4 Å². The van der Waals surface area contributed by atoms with E-state index in [1.807, 2.05) is 62.4 Å². The molecule has 0 aliphatic carbocycles. The van der Waals surface area contributed by atoms with Crippen molar-refractivity contribution in [1.29, 1.82) is 0 Å². The van der Waals surface area contributed by atoms with Crippen LogP contribution in [0.3, 0.4) is 0 Å². The van der Waals surface area contributed by atoms with E-state index in [1.165, 1.54) is 5.56 Å². The van der Waals surface area contributed by atoms with Crippen LogP contribution in [0.4, 0.5) is 0 Å². The molecular weight excluding hydrogens is 196 g/mol. The summed E-state index contributed by atoms with van der Waals surface area (Å²) in [5, 5.41) is 0. The van der Waals surface area contributed by atoms with Gasteiger partial charge in [0, 0.05) is 0 Å². The Morgan fingerprint density at radius 3 is 2.69 bits per heavy atom. The highest BCUT2D eigenvalue weighted by molar-refractivity contribution is 5.29. The lowest BCUT2D eigenvalue weighted by atomic mass is 10.2. The Kier molecular flexibility index (Phi) is 5.13. The van der Waals surface area contributed by atoms with Gasteiger partial charge in [-0.15, -0.1) is 0 Å². The SMILES string of the molecule is C\C=C/C=C\C=C(/C)Oc1cccc(C)c1. The number of hydrogen-bond acceptors (Lipinski definition) is 1. The van der Waals surface area contributed by atoms with Crippen LogP contribution in [0.5, 0.6) is 5.75 Å². The molecule has 0 amide bonds. The zero-order valence-electron chi connectivity index (χ0n) is 10.1. The molecule has 16 heavy (non-hydrogen) atoms. The summed E-state index contributed by atoms with van der Waals surface area (Å²) in [6.07, 6.45) is 9.86. The Labute approximate surface area is 97.8 Å². The molecule has 0 aliphatic heterocycles. The molecule has 0 N–H and O–H groups in total. The molecule has 0 aliphatic rings. The van der Waals surface area contributed by atoms with E-state index in [4.69, 9.17) is 4.74 Å². The number of benzene rings is 1. The van der Waals surface area contributed by atoms with Gasteiger partial charge in [-0.1, -0.05) is 36.4 Å². The van der Waals surface area contributed by atoms with Crippen molar-refractivity contribution < 1.29 is 4.74 Å². The molecule has 0 aromatic heterocycles. The summed E-state index contributed by atoms with van der Waals surface area (Å²) in [5.74, 6) is 1.76. The number of rotatable bonds is 4. The molecule has 84 valence electrons. The maximum absolute atomic E-state index is 5.66. The molecule has 0 radical (unpaired) electrons. The van der Waals surface area contributed by atoms with Crippen molar-refractivity contribution in [3.8, 4) is 5.75 Å². The Morgan fingerprint density at radius 2 is 2.00 bits per heavy atom. The fourth-order valence-corrected chi connectivity index (χ4v) is 1.27. The lowest BCUT2D eigenvalue weighted by Crippen LogP contribution is -1.90. The lowest BCUT2D eigenvalue weighted by Gasteiger charge is -2.05. The predicted molar refractivity (Wildman–Crippen MR) is 69.5 cm³/mol. The Bertz CT molecular complexity index is 411. The van der Waals surface area contributed by atoms with Crippen LogP contribution in [-0.2, 0) is 0 Å². The van der Waals surface area contributed by atoms with E-state index in [9.17, 15) is 0 Å². The van der Waals surface area contributed by atoms with E-state index in [0.717, 1.165) is 11.5 Å². The van der Waals surface area contributed by atoms with E-state index < -0.39 is 0 Å². The number of hydrogen-bond donors (Lipinski definition) is 0. The summed E-state index contributed by atoms with van der Waals surface area (Å²) in [6, 6.07) is 8.03. The van der Waals surface area contributed by atoms with Crippen molar-refractivity contribution in [1.82, 2.24) is 0 Å². The maximum Gasteiger partial charge on any atom is 0.127 e. The smallest absolute Gasteiger partial charge is 0.127 e. The molecule has 0 unspecified atom stereocenters. The van der Waals surface area contributed by atoms with Gasteiger partial charge in [-0.3, -0.25) is 0 Å². The third-order valence-electron chi connectivity index (χ3n) is 2.01. The van der Waals surface area contributed by atoms with Crippen molar-refractivity contribution in [2.45, 2.75) is 20.8 Å². The second kappa shape index (κ2) is 6.67. The monoisotopic (exact) mass is 214 g/mol. The number of ether oxygens (including phenoxy) is 1. The van der Waals surface area contributed by atoms with Crippen molar-refractivity contribution >= 4 is 0 Å². The summed E-state index contributed by atoms with van der Waals surface area (Å²) in [5.41, 5.74) is 1.20. The predicted octanol–water partition coefficient (Wildman–Crippen LogP) is 4.41. The van der Waals surface area contributed by atoms with Gasteiger partial charge >= 0.3 is 0 Å². The van der Waals surface area contributed by atoms with E-state index in [-0.39, 0.29) is 0 Å². The van der Waals surface area contributed by atoms with Gasteiger partial charge in [0.25, 0.3) is 0 Å². The summed E-state index contributed by atoms with van der Waals surface area (Å²) in [6.45, 7) is 5.99. The standard InChI is InChI=1S/C15H18O/c1-4-5-6-7-10-14(3)16-15-11-8-9-13(2)12-15/h4-12H,1-3H3/b5-4-,7-6-,14-10+. The summed E-state index contributed by atoms with van der Waals surface area (Å²) in [4.78, 5) is 0. The molecule has 0 saturated heterocycles. The van der Waals surface area contributed by atoms with Gasteiger partial charge in [-0.2, -0.15) is 0 Å². The van der Waals surface area contributed by atoms with Crippen molar-refractivity contribution in [2.75, 3.05) is 0 Å². The van der Waals surface area contributed by atoms with Crippen molar-refractivity contribution in [3.05, 3.63) is 66.0 Å². The highest BCUT2D eigenvalue weighted by Gasteiger charge is 1.93. The van der Waals surface area contributed by atoms with Gasteiger partial charge in [-0.25, -0.2) is 0 Å². The molecule has 0 bridgehead atoms. The maximum atomic E-state index is 5.66. The van der Waals surface area contributed by atoms with Crippen LogP contribution in [0, 0.1) is 6.92 Å². The molecule has 0 atom stereocenters. The molecular formula is C15H18O. The fourth-order valence-electron chi connectivity index (χ4n) is 1.27. The van der Waals surface area contributed by atoms with Crippen molar-refractivity contribution in [2.24, 2.45) is 0 Å². The number of allylic oxidation sites excluding steroid dienone is 6. The molecule has 1 nitrogen and oxygen atoms in total. The van der Waals surface area contributed by atoms with Crippen LogP contribution in [0.15, 0.2) is 60.4 Å². The minimum absolute atomic E-state index is 0.881. The van der Waals surface area contributed by atoms with E-state index >= 15 is 0 Å². The van der Waals surface area contributed by atoms with E-state index in [0.29, 0.717) is 0 Å². The molecule has 0 heterocycles. The van der Waals surface area contributed by atoms with Crippen LogP contribution >= 0.6 is 0 Å². The normalized spacial score (nSPS) is 12.6. The Hall–Kier alpha value is -1.76. The van der Waals surface area contributed by atoms with E-state index in [1.54, 1.807) is 0 Å². The average Bonchev–Trinajstić information content (AvgIpc) is 2.24. The van der Waals surface area contributed by atoms with Gasteiger partial charge in [0.15, 0.2) is 0 Å². The van der Waals surface area contributed by atoms with Gasteiger partial charge < -0.3 is 4.74 Å². The van der Waals surface area contributed by atoms with Crippen LogP contribution in [0.25, 0.3) is 0 Å². The molecule has 0 saturated carbocycles. The Balaban J connectivity index is 2.60. The first-order chi connectivity index (χ1) is 7.72. The zero-order valence-corrected chi connectivity index (χ0v) is 10.1. The second-order valence-corrected chi connectivity index (χ2v) is 3.61. The molecule has 0 fully saturated rings.